The van der Waals surface area contributed by atoms with E-state index in [1.807, 2.05) is 22.7 Å². The first kappa shape index (κ1) is 21.1. The molecule has 0 fully saturated rings. The Hall–Kier alpha value is -3.18. The molecule has 0 aliphatic carbocycles. The van der Waals surface area contributed by atoms with Crippen molar-refractivity contribution < 1.29 is 0 Å². The van der Waals surface area contributed by atoms with Gasteiger partial charge in [0.2, 0.25) is 0 Å². The Morgan fingerprint density at radius 2 is 1.65 bits per heavy atom. The molecule has 5 heteroatoms. The summed E-state index contributed by atoms with van der Waals surface area (Å²) in [5.41, 5.74) is 6.23. The lowest BCUT2D eigenvalue weighted by Gasteiger charge is -2.29. The van der Waals surface area contributed by atoms with Crippen LogP contribution in [0.4, 0.5) is 5.82 Å². The molecule has 0 saturated carbocycles. The van der Waals surface area contributed by atoms with E-state index in [1.54, 1.807) is 0 Å². The first-order valence-corrected chi connectivity index (χ1v) is 10.7. The number of rotatable bonds is 7. The summed E-state index contributed by atoms with van der Waals surface area (Å²) in [6.07, 6.45) is 0. The van der Waals surface area contributed by atoms with E-state index in [-0.39, 0.29) is 5.41 Å². The number of nitrogens with zero attached hydrogens (tertiary/aromatic N) is 4. The highest BCUT2D eigenvalue weighted by Gasteiger charge is 2.20. The number of hydrogen-bond acceptors (Lipinski definition) is 4. The lowest BCUT2D eigenvalue weighted by molar-refractivity contribution is 0.254. The van der Waals surface area contributed by atoms with Crippen molar-refractivity contribution in [3.05, 3.63) is 72.3 Å². The second-order valence-electron chi connectivity index (χ2n) is 9.32. The average molecular weight is 414 g/mol. The smallest absolute Gasteiger partial charge is 0.158 e. The molecule has 0 aliphatic rings. The molecule has 0 atom stereocenters. The van der Waals surface area contributed by atoms with Gasteiger partial charge in [0.15, 0.2) is 5.65 Å². The van der Waals surface area contributed by atoms with E-state index in [0.29, 0.717) is 0 Å². The molecular formula is C26H31N5. The highest BCUT2D eigenvalue weighted by molar-refractivity contribution is 5.71. The summed E-state index contributed by atoms with van der Waals surface area (Å²) in [5, 5.41) is 8.56. The van der Waals surface area contributed by atoms with Crippen molar-refractivity contribution in [2.75, 3.05) is 32.5 Å². The standard InChI is InChI=1S/C26H31N5/c1-19-10-9-13-21(14-19)23-16-25-28-22(20-11-7-6-8-12-20)15-24(31(25)29-23)27-17-26(2,3)18-30(4)5/h6-16,27H,17-18H2,1-5H3. The van der Waals surface area contributed by atoms with E-state index >= 15 is 0 Å². The maximum atomic E-state index is 4.92. The van der Waals surface area contributed by atoms with Crippen LogP contribution in [0.1, 0.15) is 19.4 Å². The van der Waals surface area contributed by atoms with E-state index in [9.17, 15) is 0 Å². The van der Waals surface area contributed by atoms with Gasteiger partial charge in [-0.3, -0.25) is 0 Å². The molecule has 31 heavy (non-hydrogen) atoms. The first-order chi connectivity index (χ1) is 14.8. The molecule has 5 nitrogen and oxygen atoms in total. The van der Waals surface area contributed by atoms with Crippen LogP contribution < -0.4 is 5.32 Å². The van der Waals surface area contributed by atoms with E-state index in [4.69, 9.17) is 10.1 Å². The van der Waals surface area contributed by atoms with Crippen LogP contribution in [0.2, 0.25) is 0 Å². The number of benzene rings is 2. The molecule has 4 rings (SSSR count). The maximum absolute atomic E-state index is 4.92. The van der Waals surface area contributed by atoms with Gasteiger partial charge in [0, 0.05) is 36.3 Å². The van der Waals surface area contributed by atoms with Gasteiger partial charge in [0.1, 0.15) is 5.82 Å². The van der Waals surface area contributed by atoms with Crippen LogP contribution in [0.3, 0.4) is 0 Å². The van der Waals surface area contributed by atoms with Crippen LogP contribution in [-0.4, -0.2) is 46.7 Å². The summed E-state index contributed by atoms with van der Waals surface area (Å²) in [6.45, 7) is 8.48. The largest absolute Gasteiger partial charge is 0.369 e. The van der Waals surface area contributed by atoms with Gasteiger partial charge in [-0.2, -0.15) is 9.61 Å². The fourth-order valence-electron chi connectivity index (χ4n) is 4.04. The fraction of sp³-hybridized carbons (Fsp3) is 0.308. The maximum Gasteiger partial charge on any atom is 0.158 e. The van der Waals surface area contributed by atoms with Crippen LogP contribution in [0, 0.1) is 12.3 Å². The Morgan fingerprint density at radius 1 is 0.903 bits per heavy atom. The molecular weight excluding hydrogens is 382 g/mol. The minimum Gasteiger partial charge on any atom is -0.369 e. The number of nitrogens with one attached hydrogen (secondary N) is 1. The van der Waals surface area contributed by atoms with E-state index < -0.39 is 0 Å². The minimum absolute atomic E-state index is 0.110. The Labute approximate surface area is 184 Å². The zero-order chi connectivity index (χ0) is 22.0. The Morgan fingerprint density at radius 3 is 2.35 bits per heavy atom. The molecule has 2 aromatic heterocycles. The van der Waals surface area contributed by atoms with Crippen molar-refractivity contribution in [2.45, 2.75) is 20.8 Å². The Kier molecular flexibility index (Phi) is 5.79. The van der Waals surface area contributed by atoms with E-state index in [0.717, 1.165) is 47.1 Å². The van der Waals surface area contributed by atoms with Gasteiger partial charge in [0.05, 0.1) is 11.4 Å². The van der Waals surface area contributed by atoms with Crippen LogP contribution in [0.15, 0.2) is 66.7 Å². The molecule has 160 valence electrons. The van der Waals surface area contributed by atoms with Gasteiger partial charge in [0.25, 0.3) is 0 Å². The topological polar surface area (TPSA) is 45.5 Å². The van der Waals surface area contributed by atoms with E-state index in [1.165, 1.54) is 5.56 Å². The zero-order valence-electron chi connectivity index (χ0n) is 19.1. The van der Waals surface area contributed by atoms with Gasteiger partial charge in [-0.1, -0.05) is 67.9 Å². The second-order valence-corrected chi connectivity index (χ2v) is 9.32. The number of hydrogen-bond donors (Lipinski definition) is 1. The molecule has 2 aromatic carbocycles. The molecule has 2 heterocycles. The highest BCUT2D eigenvalue weighted by Crippen LogP contribution is 2.27. The minimum atomic E-state index is 0.110. The third kappa shape index (κ3) is 4.94. The third-order valence-corrected chi connectivity index (χ3v) is 5.30. The van der Waals surface area contributed by atoms with Gasteiger partial charge < -0.3 is 10.2 Å². The molecule has 1 N–H and O–H groups in total. The second kappa shape index (κ2) is 8.52. The predicted molar refractivity (Wildman–Crippen MR) is 129 cm³/mol. The molecule has 0 bridgehead atoms. The number of aryl methyl sites for hydroxylation is 1. The molecule has 0 amide bonds. The number of fused-ring (bicyclic) bond motifs is 1. The summed E-state index contributed by atoms with van der Waals surface area (Å²) in [4.78, 5) is 7.14. The number of anilines is 1. The highest BCUT2D eigenvalue weighted by atomic mass is 15.3. The van der Waals surface area contributed by atoms with Crippen LogP contribution >= 0.6 is 0 Å². The summed E-state index contributed by atoms with van der Waals surface area (Å²) in [7, 11) is 4.23. The third-order valence-electron chi connectivity index (χ3n) is 5.30. The van der Waals surface area contributed by atoms with Gasteiger partial charge in [-0.15, -0.1) is 0 Å². The summed E-state index contributed by atoms with van der Waals surface area (Å²) in [6, 6.07) is 22.9. The number of aromatic nitrogens is 3. The van der Waals surface area contributed by atoms with Crippen LogP contribution in [0.25, 0.3) is 28.2 Å². The quantitative estimate of drug-likeness (QED) is 0.442. The fourth-order valence-corrected chi connectivity index (χ4v) is 4.04. The van der Waals surface area contributed by atoms with Crippen molar-refractivity contribution in [2.24, 2.45) is 5.41 Å². The Balaban J connectivity index is 1.77. The lowest BCUT2D eigenvalue weighted by Crippen LogP contribution is -2.34. The van der Waals surface area contributed by atoms with Crippen molar-refractivity contribution in [3.8, 4) is 22.5 Å². The van der Waals surface area contributed by atoms with Crippen LogP contribution in [-0.2, 0) is 0 Å². The van der Waals surface area contributed by atoms with Crippen molar-refractivity contribution in [1.29, 1.82) is 0 Å². The van der Waals surface area contributed by atoms with Crippen LogP contribution in [0.5, 0.6) is 0 Å². The molecule has 4 aromatic rings. The molecule has 0 spiro atoms. The lowest BCUT2D eigenvalue weighted by atomic mass is 9.93. The van der Waals surface area contributed by atoms with Gasteiger partial charge in [-0.25, -0.2) is 4.98 Å². The SMILES string of the molecule is Cc1cccc(-c2cc3nc(-c4ccccc4)cc(NCC(C)(C)CN(C)C)n3n2)c1. The monoisotopic (exact) mass is 413 g/mol. The predicted octanol–water partition coefficient (Wildman–Crippen LogP) is 5.37. The van der Waals surface area contributed by atoms with Crippen molar-refractivity contribution in [3.63, 3.8) is 0 Å². The van der Waals surface area contributed by atoms with Crippen molar-refractivity contribution in [1.82, 2.24) is 19.5 Å². The molecule has 0 unspecified atom stereocenters. The molecule has 0 aliphatic heterocycles. The van der Waals surface area contributed by atoms with E-state index in [2.05, 4.69) is 93.6 Å². The molecule has 0 radical (unpaired) electrons. The first-order valence-electron chi connectivity index (χ1n) is 10.7. The summed E-state index contributed by atoms with van der Waals surface area (Å²) in [5.74, 6) is 0.953. The van der Waals surface area contributed by atoms with Crippen molar-refractivity contribution >= 4 is 11.5 Å². The summed E-state index contributed by atoms with van der Waals surface area (Å²) >= 11 is 0. The zero-order valence-corrected chi connectivity index (χ0v) is 19.1. The summed E-state index contributed by atoms with van der Waals surface area (Å²) < 4.78 is 1.93. The average Bonchev–Trinajstić information content (AvgIpc) is 3.16. The van der Waals surface area contributed by atoms with Gasteiger partial charge in [-0.05, 0) is 32.5 Å². The molecule has 0 saturated heterocycles. The Bertz CT molecular complexity index is 1180. The normalized spacial score (nSPS) is 11.9. The van der Waals surface area contributed by atoms with Gasteiger partial charge >= 0.3 is 0 Å².